The highest BCUT2D eigenvalue weighted by atomic mass is 15.1. The van der Waals surface area contributed by atoms with Crippen LogP contribution in [0.2, 0.25) is 0 Å². The van der Waals surface area contributed by atoms with Crippen molar-refractivity contribution in [2.24, 2.45) is 11.5 Å². The molecule has 1 rings (SSSR count). The van der Waals surface area contributed by atoms with Crippen molar-refractivity contribution in [1.82, 2.24) is 5.32 Å². The molecular formula is C7H13N3. The van der Waals surface area contributed by atoms with Gasteiger partial charge in [-0.1, -0.05) is 0 Å². The predicted octanol–water partition coefficient (Wildman–Crippen LogP) is 0.0109. The Morgan fingerprint density at radius 1 is 1.60 bits per heavy atom. The Bertz CT molecular complexity index is 201. The van der Waals surface area contributed by atoms with Gasteiger partial charge in [-0.3, -0.25) is 0 Å². The van der Waals surface area contributed by atoms with E-state index in [1.165, 1.54) is 0 Å². The minimum atomic E-state index is -0.438. The fourth-order valence-electron chi connectivity index (χ4n) is 0.906. The SMILES string of the molecule is CC1=C(N)C=CC(C)(N)N1. The average Bonchev–Trinajstić information content (AvgIpc) is 1.79. The lowest BCUT2D eigenvalue weighted by molar-refractivity contribution is 0.493. The molecule has 0 saturated heterocycles. The summed E-state index contributed by atoms with van der Waals surface area (Å²) in [4.78, 5) is 0. The van der Waals surface area contributed by atoms with Crippen molar-refractivity contribution in [2.45, 2.75) is 19.5 Å². The lowest BCUT2D eigenvalue weighted by Crippen LogP contribution is -2.50. The Balaban J connectivity index is 2.85. The molecule has 0 amide bonds. The summed E-state index contributed by atoms with van der Waals surface area (Å²) >= 11 is 0. The van der Waals surface area contributed by atoms with Crippen molar-refractivity contribution in [3.63, 3.8) is 0 Å². The fourth-order valence-corrected chi connectivity index (χ4v) is 0.906. The first-order valence-electron chi connectivity index (χ1n) is 3.24. The van der Waals surface area contributed by atoms with Crippen molar-refractivity contribution in [3.8, 4) is 0 Å². The molecule has 0 aromatic heterocycles. The average molecular weight is 139 g/mol. The second-order valence-corrected chi connectivity index (χ2v) is 2.82. The minimum absolute atomic E-state index is 0.438. The number of allylic oxidation sites excluding steroid dienone is 2. The third kappa shape index (κ3) is 1.30. The van der Waals surface area contributed by atoms with E-state index in [1.54, 1.807) is 0 Å². The highest BCUT2D eigenvalue weighted by Crippen LogP contribution is 2.09. The number of rotatable bonds is 0. The molecule has 10 heavy (non-hydrogen) atoms. The van der Waals surface area contributed by atoms with Gasteiger partial charge in [0, 0.05) is 5.70 Å². The summed E-state index contributed by atoms with van der Waals surface area (Å²) in [7, 11) is 0. The second kappa shape index (κ2) is 2.02. The summed E-state index contributed by atoms with van der Waals surface area (Å²) in [6, 6.07) is 0. The molecular weight excluding hydrogens is 126 g/mol. The molecule has 0 saturated carbocycles. The van der Waals surface area contributed by atoms with Crippen molar-refractivity contribution in [3.05, 3.63) is 23.5 Å². The van der Waals surface area contributed by atoms with Gasteiger partial charge < -0.3 is 16.8 Å². The van der Waals surface area contributed by atoms with Gasteiger partial charge in [-0.15, -0.1) is 0 Å². The van der Waals surface area contributed by atoms with Crippen molar-refractivity contribution in [2.75, 3.05) is 0 Å². The molecule has 0 aromatic carbocycles. The summed E-state index contributed by atoms with van der Waals surface area (Å²) in [5.74, 6) is 0. The molecule has 56 valence electrons. The van der Waals surface area contributed by atoms with Crippen LogP contribution in [0.25, 0.3) is 0 Å². The Kier molecular flexibility index (Phi) is 1.45. The quantitative estimate of drug-likeness (QED) is 0.443. The zero-order chi connectivity index (χ0) is 7.78. The first-order valence-corrected chi connectivity index (χ1v) is 3.24. The molecule has 1 atom stereocenters. The van der Waals surface area contributed by atoms with Crippen LogP contribution >= 0.6 is 0 Å². The van der Waals surface area contributed by atoms with Gasteiger partial charge in [0.1, 0.15) is 5.66 Å². The Labute approximate surface area is 60.8 Å². The maximum absolute atomic E-state index is 5.74. The molecule has 3 nitrogen and oxygen atoms in total. The van der Waals surface area contributed by atoms with E-state index in [9.17, 15) is 0 Å². The minimum Gasteiger partial charge on any atom is -0.397 e. The van der Waals surface area contributed by atoms with Gasteiger partial charge in [0.05, 0.1) is 5.70 Å². The van der Waals surface area contributed by atoms with Crippen molar-refractivity contribution in [1.29, 1.82) is 0 Å². The topological polar surface area (TPSA) is 64.1 Å². The largest absolute Gasteiger partial charge is 0.397 e. The van der Waals surface area contributed by atoms with E-state index in [4.69, 9.17) is 11.5 Å². The van der Waals surface area contributed by atoms with Gasteiger partial charge in [0.2, 0.25) is 0 Å². The zero-order valence-corrected chi connectivity index (χ0v) is 6.31. The van der Waals surface area contributed by atoms with Crippen LogP contribution in [0.4, 0.5) is 0 Å². The normalized spacial score (nSPS) is 32.3. The predicted molar refractivity (Wildman–Crippen MR) is 41.8 cm³/mol. The molecule has 1 aliphatic rings. The third-order valence-electron chi connectivity index (χ3n) is 1.50. The van der Waals surface area contributed by atoms with E-state index in [0.717, 1.165) is 11.4 Å². The smallest absolute Gasteiger partial charge is 0.102 e. The zero-order valence-electron chi connectivity index (χ0n) is 6.31. The van der Waals surface area contributed by atoms with Crippen LogP contribution in [0.5, 0.6) is 0 Å². The van der Waals surface area contributed by atoms with E-state index in [2.05, 4.69) is 5.32 Å². The van der Waals surface area contributed by atoms with Gasteiger partial charge in [-0.05, 0) is 26.0 Å². The lowest BCUT2D eigenvalue weighted by atomic mass is 10.1. The monoisotopic (exact) mass is 139 g/mol. The van der Waals surface area contributed by atoms with Crippen LogP contribution < -0.4 is 16.8 Å². The van der Waals surface area contributed by atoms with Crippen LogP contribution in [-0.4, -0.2) is 5.66 Å². The molecule has 0 bridgehead atoms. The van der Waals surface area contributed by atoms with Crippen LogP contribution in [0.3, 0.4) is 0 Å². The molecule has 0 radical (unpaired) electrons. The van der Waals surface area contributed by atoms with E-state index < -0.39 is 5.66 Å². The summed E-state index contributed by atoms with van der Waals surface area (Å²) in [5.41, 5.74) is 12.6. The van der Waals surface area contributed by atoms with Crippen molar-refractivity contribution < 1.29 is 0 Å². The summed E-state index contributed by atoms with van der Waals surface area (Å²) in [5, 5.41) is 3.05. The van der Waals surface area contributed by atoms with Gasteiger partial charge in [0.15, 0.2) is 0 Å². The van der Waals surface area contributed by atoms with Gasteiger partial charge in [-0.2, -0.15) is 0 Å². The van der Waals surface area contributed by atoms with E-state index in [1.807, 2.05) is 26.0 Å². The van der Waals surface area contributed by atoms with Crippen LogP contribution in [0.1, 0.15) is 13.8 Å². The molecule has 5 N–H and O–H groups in total. The van der Waals surface area contributed by atoms with Gasteiger partial charge in [0.25, 0.3) is 0 Å². The summed E-state index contributed by atoms with van der Waals surface area (Å²) in [6.07, 6.45) is 3.67. The van der Waals surface area contributed by atoms with Crippen LogP contribution in [0.15, 0.2) is 23.5 Å². The number of hydrogen-bond acceptors (Lipinski definition) is 3. The van der Waals surface area contributed by atoms with Crippen molar-refractivity contribution >= 4 is 0 Å². The molecule has 0 fully saturated rings. The first-order chi connectivity index (χ1) is 4.51. The number of hydrogen-bond donors (Lipinski definition) is 3. The molecule has 0 spiro atoms. The van der Waals surface area contributed by atoms with E-state index in [0.29, 0.717) is 0 Å². The lowest BCUT2D eigenvalue weighted by Gasteiger charge is -2.28. The molecule has 0 aromatic rings. The maximum Gasteiger partial charge on any atom is 0.102 e. The summed E-state index contributed by atoms with van der Waals surface area (Å²) in [6.45, 7) is 3.80. The maximum atomic E-state index is 5.74. The number of dihydropyridines is 1. The first kappa shape index (κ1) is 7.15. The van der Waals surface area contributed by atoms with Gasteiger partial charge >= 0.3 is 0 Å². The molecule has 1 unspecified atom stereocenters. The highest BCUT2D eigenvalue weighted by Gasteiger charge is 2.17. The van der Waals surface area contributed by atoms with Gasteiger partial charge in [-0.25, -0.2) is 0 Å². The molecule has 1 aliphatic heterocycles. The van der Waals surface area contributed by atoms with Crippen LogP contribution in [-0.2, 0) is 0 Å². The third-order valence-corrected chi connectivity index (χ3v) is 1.50. The number of nitrogens with two attached hydrogens (primary N) is 2. The van der Waals surface area contributed by atoms with E-state index in [-0.39, 0.29) is 0 Å². The Morgan fingerprint density at radius 2 is 2.20 bits per heavy atom. The fraction of sp³-hybridized carbons (Fsp3) is 0.429. The standard InChI is InChI=1S/C7H13N3/c1-5-6(8)3-4-7(2,9)10-5/h3-4,10H,8-9H2,1-2H3. The Hall–Kier alpha value is -0.960. The second-order valence-electron chi connectivity index (χ2n) is 2.82. The van der Waals surface area contributed by atoms with E-state index >= 15 is 0 Å². The highest BCUT2D eigenvalue weighted by molar-refractivity contribution is 5.28. The summed E-state index contributed by atoms with van der Waals surface area (Å²) < 4.78 is 0. The molecule has 3 heteroatoms. The molecule has 0 aliphatic carbocycles. The van der Waals surface area contributed by atoms with Crippen LogP contribution in [0, 0.1) is 0 Å². The Morgan fingerprint density at radius 3 is 2.60 bits per heavy atom. The number of nitrogens with one attached hydrogen (secondary N) is 1. The molecule has 1 heterocycles.